The number of benzene rings is 1. The number of aliphatic imine (C=N–C) groups is 1. The zero-order valence-electron chi connectivity index (χ0n) is 17.8. The molecule has 0 spiro atoms. The highest BCUT2D eigenvalue weighted by atomic mass is 127. The van der Waals surface area contributed by atoms with Gasteiger partial charge in [0.05, 0.1) is 13.1 Å². The highest BCUT2D eigenvalue weighted by molar-refractivity contribution is 14.0. The van der Waals surface area contributed by atoms with Crippen molar-refractivity contribution in [1.82, 2.24) is 25.3 Å². The number of likely N-dealkylation sites (tertiary alicyclic amines) is 1. The molecule has 1 aliphatic rings. The number of aromatic nitrogens is 2. The smallest absolute Gasteiger partial charge is 0.191 e. The number of halogens is 1. The third-order valence-electron chi connectivity index (χ3n) is 5.36. The molecule has 2 aromatic rings. The van der Waals surface area contributed by atoms with Gasteiger partial charge in [-0.25, -0.2) is 4.99 Å². The average Bonchev–Trinajstić information content (AvgIpc) is 3.21. The second kappa shape index (κ2) is 12.2. The number of piperidine rings is 1. The van der Waals surface area contributed by atoms with Crippen molar-refractivity contribution < 1.29 is 0 Å². The van der Waals surface area contributed by atoms with Gasteiger partial charge in [-0.1, -0.05) is 24.3 Å². The van der Waals surface area contributed by atoms with E-state index in [1.165, 1.54) is 24.0 Å². The minimum atomic E-state index is 0. The molecular weight excluding hydrogens is 475 g/mol. The molecule has 0 bridgehead atoms. The number of nitrogens with one attached hydrogen (secondary N) is 2. The van der Waals surface area contributed by atoms with Crippen LogP contribution in [0.15, 0.2) is 47.7 Å². The lowest BCUT2D eigenvalue weighted by atomic mass is 10.0. The minimum absolute atomic E-state index is 0. The van der Waals surface area contributed by atoms with E-state index >= 15 is 0 Å². The van der Waals surface area contributed by atoms with E-state index in [0.29, 0.717) is 18.6 Å². The largest absolute Gasteiger partial charge is 0.357 e. The Bertz CT molecular complexity index is 736. The maximum Gasteiger partial charge on any atom is 0.191 e. The van der Waals surface area contributed by atoms with Crippen molar-refractivity contribution in [3.05, 3.63) is 53.9 Å². The third-order valence-corrected chi connectivity index (χ3v) is 5.36. The first-order valence-corrected chi connectivity index (χ1v) is 10.5. The van der Waals surface area contributed by atoms with Crippen molar-refractivity contribution in [2.45, 2.75) is 58.8 Å². The fourth-order valence-corrected chi connectivity index (χ4v) is 3.67. The topological polar surface area (TPSA) is 57.5 Å². The van der Waals surface area contributed by atoms with Crippen LogP contribution in [-0.2, 0) is 13.1 Å². The maximum atomic E-state index is 4.87. The molecule has 1 aromatic carbocycles. The molecule has 0 unspecified atom stereocenters. The SMILES string of the molecule is CCNC(=NCc1ccccc1Cn1cccn1)NC1CCN(C(C)C)CC1.I. The molecule has 1 aliphatic heterocycles. The second-order valence-electron chi connectivity index (χ2n) is 7.72. The molecule has 0 aliphatic carbocycles. The lowest BCUT2D eigenvalue weighted by Gasteiger charge is -2.35. The monoisotopic (exact) mass is 510 g/mol. The fourth-order valence-electron chi connectivity index (χ4n) is 3.67. The van der Waals surface area contributed by atoms with Gasteiger partial charge in [-0.3, -0.25) is 4.68 Å². The summed E-state index contributed by atoms with van der Waals surface area (Å²) in [6, 6.07) is 11.6. The molecule has 0 radical (unpaired) electrons. The minimum Gasteiger partial charge on any atom is -0.357 e. The van der Waals surface area contributed by atoms with Gasteiger partial charge < -0.3 is 15.5 Å². The van der Waals surface area contributed by atoms with Crippen LogP contribution in [0.4, 0.5) is 0 Å². The molecule has 2 heterocycles. The van der Waals surface area contributed by atoms with E-state index in [9.17, 15) is 0 Å². The Morgan fingerprint density at radius 1 is 1.17 bits per heavy atom. The molecule has 1 fully saturated rings. The number of hydrogen-bond acceptors (Lipinski definition) is 3. The Labute approximate surface area is 192 Å². The summed E-state index contributed by atoms with van der Waals surface area (Å²) in [6.45, 7) is 11.3. The van der Waals surface area contributed by atoms with E-state index in [2.05, 4.69) is 65.7 Å². The lowest BCUT2D eigenvalue weighted by molar-refractivity contribution is 0.167. The van der Waals surface area contributed by atoms with Gasteiger partial charge in [0, 0.05) is 44.1 Å². The molecule has 29 heavy (non-hydrogen) atoms. The van der Waals surface area contributed by atoms with Gasteiger partial charge in [0.1, 0.15) is 0 Å². The quantitative estimate of drug-likeness (QED) is 0.340. The number of rotatable bonds is 7. The first kappa shape index (κ1) is 23.7. The summed E-state index contributed by atoms with van der Waals surface area (Å²) in [7, 11) is 0. The van der Waals surface area contributed by atoms with Crippen molar-refractivity contribution in [2.24, 2.45) is 4.99 Å². The van der Waals surface area contributed by atoms with Crippen LogP contribution in [-0.4, -0.2) is 52.4 Å². The molecule has 0 saturated carbocycles. The summed E-state index contributed by atoms with van der Waals surface area (Å²) in [5.41, 5.74) is 2.50. The van der Waals surface area contributed by atoms with Crippen LogP contribution in [0.3, 0.4) is 0 Å². The Hall–Kier alpha value is -1.61. The first-order chi connectivity index (χ1) is 13.7. The van der Waals surface area contributed by atoms with Crippen molar-refractivity contribution in [2.75, 3.05) is 19.6 Å². The molecule has 160 valence electrons. The van der Waals surface area contributed by atoms with Crippen LogP contribution < -0.4 is 10.6 Å². The normalized spacial score (nSPS) is 15.9. The summed E-state index contributed by atoms with van der Waals surface area (Å²) in [5, 5.41) is 11.4. The highest BCUT2D eigenvalue weighted by Crippen LogP contribution is 2.14. The predicted octanol–water partition coefficient (Wildman–Crippen LogP) is 3.48. The Morgan fingerprint density at radius 2 is 1.90 bits per heavy atom. The average molecular weight is 510 g/mol. The number of hydrogen-bond donors (Lipinski definition) is 2. The molecule has 1 saturated heterocycles. The van der Waals surface area contributed by atoms with Gasteiger partial charge in [0.2, 0.25) is 0 Å². The highest BCUT2D eigenvalue weighted by Gasteiger charge is 2.21. The number of nitrogens with zero attached hydrogens (tertiary/aromatic N) is 4. The summed E-state index contributed by atoms with van der Waals surface area (Å²) in [6.07, 6.45) is 6.14. The van der Waals surface area contributed by atoms with Gasteiger partial charge in [-0.2, -0.15) is 5.10 Å². The van der Waals surface area contributed by atoms with Crippen LogP contribution >= 0.6 is 24.0 Å². The van der Waals surface area contributed by atoms with E-state index in [1.807, 2.05) is 23.1 Å². The van der Waals surface area contributed by atoms with Crippen LogP contribution in [0.5, 0.6) is 0 Å². The fraction of sp³-hybridized carbons (Fsp3) is 0.545. The zero-order valence-corrected chi connectivity index (χ0v) is 20.2. The molecule has 1 aromatic heterocycles. The first-order valence-electron chi connectivity index (χ1n) is 10.5. The van der Waals surface area contributed by atoms with Gasteiger partial charge in [-0.15, -0.1) is 24.0 Å². The molecule has 0 atom stereocenters. The van der Waals surface area contributed by atoms with Gasteiger partial charge in [0.15, 0.2) is 5.96 Å². The van der Waals surface area contributed by atoms with E-state index < -0.39 is 0 Å². The zero-order chi connectivity index (χ0) is 19.8. The van der Waals surface area contributed by atoms with Crippen molar-refractivity contribution in [1.29, 1.82) is 0 Å². The van der Waals surface area contributed by atoms with Crippen molar-refractivity contribution in [3.8, 4) is 0 Å². The number of guanidine groups is 1. The van der Waals surface area contributed by atoms with E-state index in [4.69, 9.17) is 4.99 Å². The van der Waals surface area contributed by atoms with Crippen LogP contribution in [0.25, 0.3) is 0 Å². The molecule has 7 heteroatoms. The molecular formula is C22H35IN6. The second-order valence-corrected chi connectivity index (χ2v) is 7.72. The lowest BCUT2D eigenvalue weighted by Crippen LogP contribution is -2.49. The van der Waals surface area contributed by atoms with Crippen molar-refractivity contribution in [3.63, 3.8) is 0 Å². The van der Waals surface area contributed by atoms with E-state index in [0.717, 1.165) is 32.1 Å². The Balaban J connectivity index is 0.00000300. The summed E-state index contributed by atoms with van der Waals surface area (Å²) < 4.78 is 1.95. The summed E-state index contributed by atoms with van der Waals surface area (Å²) in [5.74, 6) is 0.916. The molecule has 0 amide bonds. The van der Waals surface area contributed by atoms with E-state index in [1.54, 1.807) is 0 Å². The predicted molar refractivity (Wildman–Crippen MR) is 131 cm³/mol. The Kier molecular flexibility index (Phi) is 9.93. The summed E-state index contributed by atoms with van der Waals surface area (Å²) >= 11 is 0. The van der Waals surface area contributed by atoms with Gasteiger partial charge >= 0.3 is 0 Å². The summed E-state index contributed by atoms with van der Waals surface area (Å²) in [4.78, 5) is 7.42. The van der Waals surface area contributed by atoms with Crippen molar-refractivity contribution >= 4 is 29.9 Å². The molecule has 3 rings (SSSR count). The molecule has 2 N–H and O–H groups in total. The van der Waals surface area contributed by atoms with Crippen LogP contribution in [0, 0.1) is 0 Å². The molecule has 6 nitrogen and oxygen atoms in total. The third kappa shape index (κ3) is 7.29. The Morgan fingerprint density at radius 3 is 2.52 bits per heavy atom. The standard InChI is InChI=1S/C22H34N6.HI/c1-4-23-22(26-21-10-14-27(15-11-21)18(2)3)24-16-19-8-5-6-9-20(19)17-28-13-7-12-25-28;/h5-9,12-13,18,21H,4,10-11,14-17H2,1-3H3,(H2,23,24,26);1H. The maximum absolute atomic E-state index is 4.87. The van der Waals surface area contributed by atoms with Crippen LogP contribution in [0.1, 0.15) is 44.7 Å². The van der Waals surface area contributed by atoms with Crippen LogP contribution in [0.2, 0.25) is 0 Å². The van der Waals surface area contributed by atoms with E-state index in [-0.39, 0.29) is 24.0 Å². The van der Waals surface area contributed by atoms with Gasteiger partial charge in [0.25, 0.3) is 0 Å². The van der Waals surface area contributed by atoms with Gasteiger partial charge in [-0.05, 0) is 50.8 Å².